The van der Waals surface area contributed by atoms with Gasteiger partial charge in [-0.15, -0.1) is 0 Å². The second-order valence-electron chi connectivity index (χ2n) is 6.97. The molecule has 1 saturated heterocycles. The first kappa shape index (κ1) is 19.4. The van der Waals surface area contributed by atoms with E-state index in [2.05, 4.69) is 25.2 Å². The van der Waals surface area contributed by atoms with Gasteiger partial charge >= 0.3 is 6.09 Å². The number of halogens is 2. The molecule has 10 heteroatoms. The number of nitrogens with one attached hydrogen (secondary N) is 2. The predicted octanol–water partition coefficient (Wildman–Crippen LogP) is 2.93. The van der Waals surface area contributed by atoms with Crippen LogP contribution in [0.5, 0.6) is 0 Å². The average Bonchev–Trinajstić information content (AvgIpc) is 3.17. The van der Waals surface area contributed by atoms with Crippen molar-refractivity contribution in [1.29, 1.82) is 0 Å². The van der Waals surface area contributed by atoms with Gasteiger partial charge in [0.25, 0.3) is 0 Å². The third kappa shape index (κ3) is 4.25. The van der Waals surface area contributed by atoms with Gasteiger partial charge in [0, 0.05) is 49.3 Å². The minimum atomic E-state index is -1.09. The number of rotatable bonds is 4. The van der Waals surface area contributed by atoms with Crippen molar-refractivity contribution in [3.8, 4) is 0 Å². The maximum Gasteiger partial charge on any atom is 0.409 e. The van der Waals surface area contributed by atoms with E-state index in [9.17, 15) is 9.18 Å². The van der Waals surface area contributed by atoms with Gasteiger partial charge in [0.1, 0.15) is 23.6 Å². The molecule has 2 aromatic heterocycles. The van der Waals surface area contributed by atoms with E-state index in [4.69, 9.17) is 22.1 Å². The highest BCUT2D eigenvalue weighted by atomic mass is 35.5. The van der Waals surface area contributed by atoms with Crippen LogP contribution in [0.4, 0.5) is 15.0 Å². The number of hydrogen-bond acceptors (Lipinski definition) is 6. The summed E-state index contributed by atoms with van der Waals surface area (Å²) in [5.74, 6) is 0.329. The van der Waals surface area contributed by atoms with E-state index in [1.54, 1.807) is 6.07 Å². The van der Waals surface area contributed by atoms with Gasteiger partial charge in [-0.25, -0.2) is 19.2 Å². The number of hydrogen-bond donors (Lipinski definition) is 3. The molecule has 0 spiro atoms. The van der Waals surface area contributed by atoms with Gasteiger partial charge in [-0.3, -0.25) is 5.73 Å². The van der Waals surface area contributed by atoms with E-state index in [1.165, 1.54) is 18.5 Å². The minimum Gasteiger partial charge on any atom is -0.428 e. The zero-order chi connectivity index (χ0) is 20.4. The zero-order valence-electron chi connectivity index (χ0n) is 15.5. The molecule has 0 atom stereocenters. The predicted molar refractivity (Wildman–Crippen MR) is 107 cm³/mol. The highest BCUT2D eigenvalue weighted by Gasteiger charge is 2.35. The van der Waals surface area contributed by atoms with Crippen molar-refractivity contribution in [2.45, 2.75) is 25.1 Å². The molecular formula is C19H20ClFN6O2. The van der Waals surface area contributed by atoms with Crippen molar-refractivity contribution in [2.24, 2.45) is 5.73 Å². The molecule has 1 fully saturated rings. The molecule has 152 valence electrons. The maximum atomic E-state index is 13.8. The van der Waals surface area contributed by atoms with Gasteiger partial charge in [0.15, 0.2) is 5.72 Å². The Hall–Kier alpha value is -2.91. The molecule has 0 saturated carbocycles. The Bertz CT molecular complexity index is 1030. The Kier molecular flexibility index (Phi) is 5.25. The van der Waals surface area contributed by atoms with E-state index in [0.717, 1.165) is 16.9 Å². The van der Waals surface area contributed by atoms with Crippen LogP contribution < -0.4 is 16.0 Å². The molecule has 3 aromatic rings. The number of piperidine rings is 1. The Morgan fingerprint density at radius 2 is 2.14 bits per heavy atom. The summed E-state index contributed by atoms with van der Waals surface area (Å²) in [5, 5.41) is 3.76. The molecule has 1 aromatic carbocycles. The molecule has 1 amide bonds. The van der Waals surface area contributed by atoms with Crippen molar-refractivity contribution < 1.29 is 13.9 Å². The average molecular weight is 419 g/mol. The molecule has 4 N–H and O–H groups in total. The number of fused-ring (bicyclic) bond motifs is 1. The third-order valence-corrected chi connectivity index (χ3v) is 5.21. The summed E-state index contributed by atoms with van der Waals surface area (Å²) >= 11 is 5.73. The molecule has 0 radical (unpaired) electrons. The number of amides is 1. The Labute approximate surface area is 171 Å². The van der Waals surface area contributed by atoms with E-state index in [-0.39, 0.29) is 6.54 Å². The lowest BCUT2D eigenvalue weighted by Gasteiger charge is -2.38. The van der Waals surface area contributed by atoms with Crippen LogP contribution in [0.25, 0.3) is 11.0 Å². The molecule has 8 nitrogen and oxygen atoms in total. The van der Waals surface area contributed by atoms with Crippen LogP contribution in [-0.4, -0.2) is 39.9 Å². The van der Waals surface area contributed by atoms with Crippen molar-refractivity contribution in [3.63, 3.8) is 0 Å². The van der Waals surface area contributed by atoms with E-state index in [1.807, 2.05) is 12.3 Å². The lowest BCUT2D eigenvalue weighted by Crippen LogP contribution is -2.54. The number of benzene rings is 1. The summed E-state index contributed by atoms with van der Waals surface area (Å²) in [6, 6.07) is 6.19. The molecule has 1 aliphatic heterocycles. The Morgan fingerprint density at radius 3 is 2.90 bits per heavy atom. The topological polar surface area (TPSA) is 109 Å². The van der Waals surface area contributed by atoms with Crippen LogP contribution in [0.3, 0.4) is 0 Å². The van der Waals surface area contributed by atoms with Crippen molar-refractivity contribution >= 4 is 34.5 Å². The third-order valence-electron chi connectivity index (χ3n) is 4.98. The molecule has 1 aliphatic rings. The summed E-state index contributed by atoms with van der Waals surface area (Å²) in [6.45, 7) is 1.14. The van der Waals surface area contributed by atoms with Crippen LogP contribution in [0.15, 0.2) is 36.8 Å². The van der Waals surface area contributed by atoms with E-state index < -0.39 is 17.6 Å². The van der Waals surface area contributed by atoms with Gasteiger partial charge in [-0.1, -0.05) is 17.7 Å². The maximum absolute atomic E-state index is 13.8. The first-order valence-electron chi connectivity index (χ1n) is 9.16. The number of alkyl carbamates (subject to hydrolysis) is 1. The fourth-order valence-electron chi connectivity index (χ4n) is 3.36. The SMILES string of the molecule is NC1(OC(=O)NCc2ccc(Cl)cc2F)CCN(c2ncnc3[nH]ccc23)CC1. The molecular weight excluding hydrogens is 399 g/mol. The van der Waals surface area contributed by atoms with Crippen molar-refractivity contribution in [1.82, 2.24) is 20.3 Å². The number of aromatic amines is 1. The van der Waals surface area contributed by atoms with Crippen LogP contribution in [0.2, 0.25) is 5.02 Å². The number of nitrogens with zero attached hydrogens (tertiary/aromatic N) is 3. The van der Waals surface area contributed by atoms with Crippen LogP contribution >= 0.6 is 11.6 Å². The zero-order valence-corrected chi connectivity index (χ0v) is 16.2. The quantitative estimate of drug-likeness (QED) is 0.562. The van der Waals surface area contributed by atoms with Crippen LogP contribution in [0.1, 0.15) is 18.4 Å². The number of carbonyl (C=O) groups is 1. The summed E-state index contributed by atoms with van der Waals surface area (Å²) in [6.07, 6.45) is 3.51. The highest BCUT2D eigenvalue weighted by Crippen LogP contribution is 2.28. The van der Waals surface area contributed by atoms with E-state index in [0.29, 0.717) is 36.5 Å². The van der Waals surface area contributed by atoms with Crippen molar-refractivity contribution in [2.75, 3.05) is 18.0 Å². The van der Waals surface area contributed by atoms with Crippen LogP contribution in [-0.2, 0) is 11.3 Å². The second kappa shape index (κ2) is 7.84. The number of H-pyrrole nitrogens is 1. The molecule has 3 heterocycles. The largest absolute Gasteiger partial charge is 0.428 e. The number of nitrogens with two attached hydrogens (primary N) is 1. The minimum absolute atomic E-state index is 0.0174. The monoisotopic (exact) mass is 418 g/mol. The number of anilines is 1. The van der Waals surface area contributed by atoms with Gasteiger partial charge in [-0.2, -0.15) is 0 Å². The second-order valence-corrected chi connectivity index (χ2v) is 7.40. The van der Waals surface area contributed by atoms with Gasteiger partial charge in [0.2, 0.25) is 0 Å². The Morgan fingerprint density at radius 1 is 1.34 bits per heavy atom. The molecule has 29 heavy (non-hydrogen) atoms. The van der Waals surface area contributed by atoms with Gasteiger partial charge in [-0.05, 0) is 18.2 Å². The lowest BCUT2D eigenvalue weighted by atomic mass is 10.0. The molecule has 4 rings (SSSR count). The first-order chi connectivity index (χ1) is 13.9. The number of carbonyl (C=O) groups excluding carboxylic acids is 1. The Balaban J connectivity index is 1.33. The number of aromatic nitrogens is 3. The fourth-order valence-corrected chi connectivity index (χ4v) is 3.52. The summed E-state index contributed by atoms with van der Waals surface area (Å²) < 4.78 is 19.2. The van der Waals surface area contributed by atoms with Gasteiger partial charge < -0.3 is 19.9 Å². The fraction of sp³-hybridized carbons (Fsp3) is 0.316. The molecule has 0 bridgehead atoms. The van der Waals surface area contributed by atoms with Crippen molar-refractivity contribution in [3.05, 3.63) is 53.2 Å². The molecule has 0 aliphatic carbocycles. The van der Waals surface area contributed by atoms with E-state index >= 15 is 0 Å². The first-order valence-corrected chi connectivity index (χ1v) is 9.54. The number of ether oxygens (including phenoxy) is 1. The lowest BCUT2D eigenvalue weighted by molar-refractivity contribution is -0.00272. The summed E-state index contributed by atoms with van der Waals surface area (Å²) in [4.78, 5) is 25.9. The normalized spacial score (nSPS) is 16.0. The molecule has 0 unspecified atom stereocenters. The van der Waals surface area contributed by atoms with Crippen LogP contribution in [0, 0.1) is 5.82 Å². The standard InChI is InChI=1S/C19H20ClFN6O2/c20-13-2-1-12(15(21)9-13)10-24-18(28)29-19(22)4-7-27(8-5-19)17-14-3-6-23-16(14)25-11-26-17/h1-3,6,9,11H,4-5,7-8,10,22H2,(H,24,28)(H,23,25,26). The smallest absolute Gasteiger partial charge is 0.409 e. The highest BCUT2D eigenvalue weighted by molar-refractivity contribution is 6.30. The summed E-state index contributed by atoms with van der Waals surface area (Å²) in [5.41, 5.74) is 6.26. The summed E-state index contributed by atoms with van der Waals surface area (Å²) in [7, 11) is 0. The van der Waals surface area contributed by atoms with Gasteiger partial charge in [0.05, 0.1) is 5.39 Å².